The zero-order valence-electron chi connectivity index (χ0n) is 29.7. The number of fused-ring (bicyclic) bond motifs is 9. The van der Waals surface area contributed by atoms with Crippen LogP contribution in [0.1, 0.15) is 25.0 Å². The van der Waals surface area contributed by atoms with E-state index in [4.69, 9.17) is 0 Å². The minimum absolute atomic E-state index is 0.0847. The van der Waals surface area contributed by atoms with Crippen LogP contribution >= 0.6 is 0 Å². The van der Waals surface area contributed by atoms with Crippen molar-refractivity contribution in [2.45, 2.75) is 19.3 Å². The van der Waals surface area contributed by atoms with Gasteiger partial charge in [-0.3, -0.25) is 0 Å². The van der Waals surface area contributed by atoms with Crippen molar-refractivity contribution < 1.29 is 0 Å². The zero-order chi connectivity index (χ0) is 35.3. The summed E-state index contributed by atoms with van der Waals surface area (Å²) in [6.07, 6.45) is 0. The number of hydrogen-bond donors (Lipinski definition) is 0. The normalized spacial score (nSPS) is 13.2. The van der Waals surface area contributed by atoms with Gasteiger partial charge in [-0.2, -0.15) is 0 Å². The van der Waals surface area contributed by atoms with Crippen molar-refractivity contribution in [3.05, 3.63) is 193 Å². The van der Waals surface area contributed by atoms with Crippen molar-refractivity contribution >= 4 is 43.6 Å². The third-order valence-corrected chi connectivity index (χ3v) is 11.7. The number of hydrogen-bond acceptors (Lipinski definition) is 0. The van der Waals surface area contributed by atoms with E-state index in [2.05, 4.69) is 205 Å². The summed E-state index contributed by atoms with van der Waals surface area (Å²) >= 11 is 0. The molecule has 1 aliphatic carbocycles. The van der Waals surface area contributed by atoms with Gasteiger partial charge in [0.1, 0.15) is 0 Å². The van der Waals surface area contributed by atoms with E-state index in [0.717, 1.165) is 5.69 Å². The van der Waals surface area contributed by atoms with Crippen LogP contribution in [0.3, 0.4) is 0 Å². The molecule has 2 heteroatoms. The maximum Gasteiger partial charge on any atom is 0.0619 e. The smallest absolute Gasteiger partial charge is 0.0619 e. The van der Waals surface area contributed by atoms with E-state index in [1.165, 1.54) is 93.8 Å². The van der Waals surface area contributed by atoms with Crippen LogP contribution < -0.4 is 0 Å². The molecule has 0 bridgehead atoms. The molecule has 0 N–H and O–H groups in total. The molecule has 0 saturated carbocycles. The standard InChI is InChI=1S/C51H36N2/c1-51(2)45-24-14-12-22-38(45)41-31-43-42-30-37(26-27-48(42)52(49(43)32-46(41)51)36-20-10-5-11-21-36)53-47-25-15-13-23-39(47)44-29-35(33-16-6-3-7-17-33)28-40(50(44)53)34-18-8-4-9-19-34/h3-32H,1-2H3. The number of aromatic nitrogens is 2. The van der Waals surface area contributed by atoms with Crippen LogP contribution in [0.15, 0.2) is 182 Å². The number of benzene rings is 8. The first-order valence-electron chi connectivity index (χ1n) is 18.5. The average molecular weight is 677 g/mol. The molecule has 53 heavy (non-hydrogen) atoms. The number of para-hydroxylation sites is 2. The summed E-state index contributed by atoms with van der Waals surface area (Å²) in [5.74, 6) is 0. The second kappa shape index (κ2) is 11.2. The van der Waals surface area contributed by atoms with Gasteiger partial charge in [0.15, 0.2) is 0 Å². The Bertz CT molecular complexity index is 3050. The third kappa shape index (κ3) is 4.33. The van der Waals surface area contributed by atoms with E-state index in [1.54, 1.807) is 0 Å². The molecule has 2 nitrogen and oxygen atoms in total. The highest BCUT2D eigenvalue weighted by atomic mass is 15.0. The van der Waals surface area contributed by atoms with E-state index in [9.17, 15) is 0 Å². The zero-order valence-corrected chi connectivity index (χ0v) is 29.7. The first-order chi connectivity index (χ1) is 26.1. The second-order valence-electron chi connectivity index (χ2n) is 15.0. The van der Waals surface area contributed by atoms with Crippen LogP contribution in [-0.4, -0.2) is 9.13 Å². The van der Waals surface area contributed by atoms with Gasteiger partial charge in [0.2, 0.25) is 0 Å². The lowest BCUT2D eigenvalue weighted by Crippen LogP contribution is -2.14. The highest BCUT2D eigenvalue weighted by Gasteiger charge is 2.36. The molecule has 2 heterocycles. The first kappa shape index (κ1) is 30.0. The summed E-state index contributed by atoms with van der Waals surface area (Å²) in [5.41, 5.74) is 17.4. The molecule has 0 unspecified atom stereocenters. The Morgan fingerprint density at radius 3 is 1.77 bits per heavy atom. The van der Waals surface area contributed by atoms with Gasteiger partial charge < -0.3 is 9.13 Å². The van der Waals surface area contributed by atoms with Crippen LogP contribution in [0.5, 0.6) is 0 Å². The Hall–Kier alpha value is -6.64. The van der Waals surface area contributed by atoms with E-state index < -0.39 is 0 Å². The predicted molar refractivity (Wildman–Crippen MR) is 224 cm³/mol. The van der Waals surface area contributed by atoms with Gasteiger partial charge in [0.05, 0.1) is 22.1 Å². The minimum Gasteiger partial charge on any atom is -0.309 e. The van der Waals surface area contributed by atoms with Crippen LogP contribution in [-0.2, 0) is 5.41 Å². The molecule has 2 aromatic heterocycles. The predicted octanol–water partition coefficient (Wildman–Crippen LogP) is 13.5. The van der Waals surface area contributed by atoms with E-state index in [-0.39, 0.29) is 5.41 Å². The fraction of sp³-hybridized carbons (Fsp3) is 0.0588. The molecule has 1 aliphatic rings. The van der Waals surface area contributed by atoms with Crippen LogP contribution in [0.25, 0.3) is 88.4 Å². The highest BCUT2D eigenvalue weighted by molar-refractivity contribution is 6.16. The monoisotopic (exact) mass is 676 g/mol. The van der Waals surface area contributed by atoms with Gasteiger partial charge in [0, 0.05) is 43.9 Å². The molecular weight excluding hydrogens is 641 g/mol. The molecule has 0 saturated heterocycles. The number of nitrogens with zero attached hydrogens (tertiary/aromatic N) is 2. The lowest BCUT2D eigenvalue weighted by molar-refractivity contribution is 0.661. The van der Waals surface area contributed by atoms with Crippen LogP contribution in [0, 0.1) is 0 Å². The van der Waals surface area contributed by atoms with Gasteiger partial charge in [-0.15, -0.1) is 0 Å². The van der Waals surface area contributed by atoms with E-state index in [0.29, 0.717) is 0 Å². The molecule has 250 valence electrons. The maximum atomic E-state index is 2.50. The third-order valence-electron chi connectivity index (χ3n) is 11.7. The summed E-state index contributed by atoms with van der Waals surface area (Å²) in [5, 5.41) is 5.03. The van der Waals surface area contributed by atoms with E-state index >= 15 is 0 Å². The quantitative estimate of drug-likeness (QED) is 0.176. The fourth-order valence-electron chi connectivity index (χ4n) is 9.20. The molecule has 10 aromatic rings. The van der Waals surface area contributed by atoms with Gasteiger partial charge in [-0.1, -0.05) is 135 Å². The highest BCUT2D eigenvalue weighted by Crippen LogP contribution is 2.51. The molecule has 8 aromatic carbocycles. The minimum atomic E-state index is -0.0847. The van der Waals surface area contributed by atoms with Crippen molar-refractivity contribution in [2.24, 2.45) is 0 Å². The van der Waals surface area contributed by atoms with Gasteiger partial charge >= 0.3 is 0 Å². The van der Waals surface area contributed by atoms with E-state index in [1.807, 2.05) is 0 Å². The second-order valence-corrected chi connectivity index (χ2v) is 15.0. The van der Waals surface area contributed by atoms with Crippen molar-refractivity contribution in [3.63, 3.8) is 0 Å². The average Bonchev–Trinajstić information content (AvgIpc) is 3.80. The van der Waals surface area contributed by atoms with Gasteiger partial charge in [-0.05, 0) is 99.6 Å². The first-order valence-corrected chi connectivity index (χ1v) is 18.5. The Balaban J connectivity index is 1.25. The Morgan fingerprint density at radius 2 is 0.981 bits per heavy atom. The van der Waals surface area contributed by atoms with Crippen molar-refractivity contribution in [3.8, 4) is 44.8 Å². The lowest BCUT2D eigenvalue weighted by atomic mass is 9.82. The Morgan fingerprint density at radius 1 is 0.340 bits per heavy atom. The Labute approximate surface area is 308 Å². The molecule has 0 atom stereocenters. The summed E-state index contributed by atoms with van der Waals surface area (Å²) in [4.78, 5) is 0. The SMILES string of the molecule is CC1(C)c2ccccc2-c2cc3c4cc(-n5c6ccccc6c6cc(-c7ccccc7)cc(-c7ccccc7)c65)ccc4n(-c4ccccc4)c3cc21. The van der Waals surface area contributed by atoms with Crippen molar-refractivity contribution in [2.75, 3.05) is 0 Å². The molecule has 0 spiro atoms. The van der Waals surface area contributed by atoms with Crippen LogP contribution in [0.4, 0.5) is 0 Å². The summed E-state index contributed by atoms with van der Waals surface area (Å²) in [6.45, 7) is 4.74. The van der Waals surface area contributed by atoms with Gasteiger partial charge in [-0.25, -0.2) is 0 Å². The van der Waals surface area contributed by atoms with Crippen LogP contribution in [0.2, 0.25) is 0 Å². The maximum absolute atomic E-state index is 2.50. The van der Waals surface area contributed by atoms with Crippen molar-refractivity contribution in [1.29, 1.82) is 0 Å². The fourth-order valence-corrected chi connectivity index (χ4v) is 9.20. The lowest BCUT2D eigenvalue weighted by Gasteiger charge is -2.21. The number of rotatable bonds is 4. The Kier molecular flexibility index (Phi) is 6.33. The molecule has 0 radical (unpaired) electrons. The van der Waals surface area contributed by atoms with Crippen molar-refractivity contribution in [1.82, 2.24) is 9.13 Å². The molecule has 11 rings (SSSR count). The summed E-state index contributed by atoms with van der Waals surface area (Å²) in [7, 11) is 0. The summed E-state index contributed by atoms with van der Waals surface area (Å²) < 4.78 is 4.96. The van der Waals surface area contributed by atoms with Gasteiger partial charge in [0.25, 0.3) is 0 Å². The molecule has 0 fully saturated rings. The molecular formula is C51H36N2. The topological polar surface area (TPSA) is 9.86 Å². The largest absolute Gasteiger partial charge is 0.309 e. The summed E-state index contributed by atoms with van der Waals surface area (Å²) in [6, 6.07) is 67.1. The molecule has 0 amide bonds. The molecule has 0 aliphatic heterocycles.